The number of benzene rings is 1. The number of thioether (sulfide) groups is 1. The number of para-hydroxylation sites is 2. The lowest BCUT2D eigenvalue weighted by Crippen LogP contribution is -2.43. The van der Waals surface area contributed by atoms with Gasteiger partial charge in [0.25, 0.3) is 5.91 Å². The molecule has 0 bridgehead atoms. The van der Waals surface area contributed by atoms with Crippen LogP contribution in [0.1, 0.15) is 13.3 Å². The molecule has 4 nitrogen and oxygen atoms in total. The van der Waals surface area contributed by atoms with E-state index in [1.54, 1.807) is 12.1 Å². The first-order valence-electron chi connectivity index (χ1n) is 6.57. The predicted molar refractivity (Wildman–Crippen MR) is 79.5 cm³/mol. The molecule has 1 heterocycles. The van der Waals surface area contributed by atoms with E-state index < -0.39 is 0 Å². The molecular weight excluding hydrogens is 260 g/mol. The van der Waals surface area contributed by atoms with Gasteiger partial charge in [0.2, 0.25) is 0 Å². The molecule has 0 radical (unpaired) electrons. The van der Waals surface area contributed by atoms with Crippen molar-refractivity contribution in [3.05, 3.63) is 24.3 Å². The number of anilines is 1. The van der Waals surface area contributed by atoms with Crippen molar-refractivity contribution in [1.82, 2.24) is 4.90 Å². The van der Waals surface area contributed by atoms with Crippen LogP contribution in [0.3, 0.4) is 0 Å². The third-order valence-corrected chi connectivity index (χ3v) is 4.59. The summed E-state index contributed by atoms with van der Waals surface area (Å²) in [6, 6.07) is 7.24. The topological polar surface area (TPSA) is 55.6 Å². The molecule has 1 unspecified atom stereocenters. The number of nitrogens with zero attached hydrogens (tertiary/aromatic N) is 1. The summed E-state index contributed by atoms with van der Waals surface area (Å²) >= 11 is 1.95. The molecule has 0 spiro atoms. The first-order valence-corrected chi connectivity index (χ1v) is 7.62. The summed E-state index contributed by atoms with van der Waals surface area (Å²) in [6.45, 7) is 3.86. The second kappa shape index (κ2) is 6.70. The Hall–Kier alpha value is -1.36. The largest absolute Gasteiger partial charge is 0.482 e. The van der Waals surface area contributed by atoms with Crippen molar-refractivity contribution in [2.45, 2.75) is 18.6 Å². The van der Waals surface area contributed by atoms with E-state index >= 15 is 0 Å². The zero-order valence-corrected chi connectivity index (χ0v) is 12.0. The molecule has 0 aliphatic carbocycles. The summed E-state index contributed by atoms with van der Waals surface area (Å²) < 4.78 is 5.50. The normalized spacial score (nSPS) is 19.2. The van der Waals surface area contributed by atoms with Gasteiger partial charge in [-0.3, -0.25) is 4.79 Å². The molecule has 1 amide bonds. The van der Waals surface area contributed by atoms with Crippen LogP contribution in [0.5, 0.6) is 5.75 Å². The van der Waals surface area contributed by atoms with Gasteiger partial charge in [-0.25, -0.2) is 0 Å². The average molecular weight is 280 g/mol. The monoisotopic (exact) mass is 280 g/mol. The Labute approximate surface area is 118 Å². The predicted octanol–water partition coefficient (Wildman–Crippen LogP) is 2.00. The van der Waals surface area contributed by atoms with Crippen molar-refractivity contribution in [1.29, 1.82) is 0 Å². The van der Waals surface area contributed by atoms with Gasteiger partial charge in [-0.1, -0.05) is 19.1 Å². The molecule has 0 aromatic heterocycles. The van der Waals surface area contributed by atoms with Gasteiger partial charge in [-0.05, 0) is 18.6 Å². The number of amides is 1. The minimum absolute atomic E-state index is 0.0435. The molecule has 2 N–H and O–H groups in total. The maximum Gasteiger partial charge on any atom is 0.260 e. The lowest BCUT2D eigenvalue weighted by molar-refractivity contribution is -0.133. The standard InChI is InChI=1S/C14H20N2O2S/c1-2-11-9-16(7-8-19-11)14(17)10-18-13-6-4-3-5-12(13)15/h3-6,11H,2,7-10,15H2,1H3. The van der Waals surface area contributed by atoms with Gasteiger partial charge < -0.3 is 15.4 Å². The van der Waals surface area contributed by atoms with Crippen molar-refractivity contribution in [3.63, 3.8) is 0 Å². The van der Waals surface area contributed by atoms with Crippen LogP contribution in [0.2, 0.25) is 0 Å². The molecule has 1 aliphatic rings. The minimum Gasteiger partial charge on any atom is -0.482 e. The molecule has 1 aliphatic heterocycles. The van der Waals surface area contributed by atoms with E-state index in [2.05, 4.69) is 6.92 Å². The Morgan fingerprint density at radius 2 is 2.32 bits per heavy atom. The van der Waals surface area contributed by atoms with Crippen molar-refractivity contribution in [2.75, 3.05) is 31.2 Å². The number of nitrogen functional groups attached to an aromatic ring is 1. The molecule has 2 rings (SSSR count). The lowest BCUT2D eigenvalue weighted by Gasteiger charge is -2.31. The number of rotatable bonds is 4. The summed E-state index contributed by atoms with van der Waals surface area (Å²) in [4.78, 5) is 14.0. The first-order chi connectivity index (χ1) is 9.20. The van der Waals surface area contributed by atoms with E-state index in [0.717, 1.165) is 25.3 Å². The van der Waals surface area contributed by atoms with E-state index in [1.165, 1.54) is 0 Å². The number of hydrogen-bond acceptors (Lipinski definition) is 4. The molecule has 104 valence electrons. The Bertz CT molecular complexity index is 439. The maximum atomic E-state index is 12.1. The molecule has 5 heteroatoms. The number of carbonyl (C=O) groups is 1. The third-order valence-electron chi connectivity index (χ3n) is 3.22. The maximum absolute atomic E-state index is 12.1. The van der Waals surface area contributed by atoms with E-state index in [1.807, 2.05) is 28.8 Å². The molecule has 19 heavy (non-hydrogen) atoms. The van der Waals surface area contributed by atoms with Crippen molar-refractivity contribution < 1.29 is 9.53 Å². The quantitative estimate of drug-likeness (QED) is 0.857. The van der Waals surface area contributed by atoms with Crippen LogP contribution < -0.4 is 10.5 Å². The van der Waals surface area contributed by atoms with Gasteiger partial charge in [-0.15, -0.1) is 0 Å². The van der Waals surface area contributed by atoms with Crippen molar-refractivity contribution in [3.8, 4) is 5.75 Å². The van der Waals surface area contributed by atoms with Gasteiger partial charge in [0.05, 0.1) is 5.69 Å². The zero-order valence-electron chi connectivity index (χ0n) is 11.2. The van der Waals surface area contributed by atoms with Crippen LogP contribution in [0.4, 0.5) is 5.69 Å². The zero-order chi connectivity index (χ0) is 13.7. The van der Waals surface area contributed by atoms with Crippen LogP contribution in [-0.2, 0) is 4.79 Å². The summed E-state index contributed by atoms with van der Waals surface area (Å²) in [5, 5.41) is 0.555. The smallest absolute Gasteiger partial charge is 0.260 e. The van der Waals surface area contributed by atoms with E-state index in [0.29, 0.717) is 16.7 Å². The highest BCUT2D eigenvalue weighted by molar-refractivity contribution is 8.00. The van der Waals surface area contributed by atoms with Gasteiger partial charge in [0, 0.05) is 24.1 Å². The van der Waals surface area contributed by atoms with Gasteiger partial charge in [0.1, 0.15) is 5.75 Å². The number of carbonyl (C=O) groups excluding carboxylic acids is 1. The number of hydrogen-bond donors (Lipinski definition) is 1. The summed E-state index contributed by atoms with van der Waals surface area (Å²) in [5.41, 5.74) is 6.34. The van der Waals surface area contributed by atoms with E-state index in [-0.39, 0.29) is 12.5 Å². The third kappa shape index (κ3) is 3.80. The second-order valence-electron chi connectivity index (χ2n) is 4.57. The highest BCUT2D eigenvalue weighted by atomic mass is 32.2. The fourth-order valence-electron chi connectivity index (χ4n) is 2.04. The Morgan fingerprint density at radius 3 is 3.05 bits per heavy atom. The Morgan fingerprint density at radius 1 is 1.53 bits per heavy atom. The Kier molecular flexibility index (Phi) is 4.96. The minimum atomic E-state index is 0.0435. The fraction of sp³-hybridized carbons (Fsp3) is 0.500. The van der Waals surface area contributed by atoms with E-state index in [9.17, 15) is 4.79 Å². The molecule has 1 saturated heterocycles. The molecular formula is C14H20N2O2S. The van der Waals surface area contributed by atoms with Gasteiger partial charge in [-0.2, -0.15) is 11.8 Å². The summed E-state index contributed by atoms with van der Waals surface area (Å²) in [7, 11) is 0. The van der Waals surface area contributed by atoms with Crippen molar-refractivity contribution in [2.24, 2.45) is 0 Å². The Balaban J connectivity index is 1.86. The average Bonchev–Trinajstić information content (AvgIpc) is 2.46. The second-order valence-corrected chi connectivity index (χ2v) is 5.98. The number of ether oxygens (including phenoxy) is 1. The van der Waals surface area contributed by atoms with Gasteiger partial charge in [0.15, 0.2) is 6.61 Å². The molecule has 1 aromatic carbocycles. The molecule has 1 aromatic rings. The SMILES string of the molecule is CCC1CN(C(=O)COc2ccccc2N)CCS1. The molecule has 1 fully saturated rings. The highest BCUT2D eigenvalue weighted by Crippen LogP contribution is 2.22. The van der Waals surface area contributed by atoms with E-state index in [4.69, 9.17) is 10.5 Å². The van der Waals surface area contributed by atoms with Crippen LogP contribution in [-0.4, -0.2) is 41.5 Å². The van der Waals surface area contributed by atoms with Crippen molar-refractivity contribution >= 4 is 23.4 Å². The molecule has 0 saturated carbocycles. The van der Waals surface area contributed by atoms with Gasteiger partial charge >= 0.3 is 0 Å². The van der Waals surface area contributed by atoms with Crippen LogP contribution in [0, 0.1) is 0 Å². The highest BCUT2D eigenvalue weighted by Gasteiger charge is 2.23. The van der Waals surface area contributed by atoms with Crippen LogP contribution in [0.15, 0.2) is 24.3 Å². The van der Waals surface area contributed by atoms with Crippen LogP contribution >= 0.6 is 11.8 Å². The van der Waals surface area contributed by atoms with Crippen LogP contribution in [0.25, 0.3) is 0 Å². The summed E-state index contributed by atoms with van der Waals surface area (Å²) in [5.74, 6) is 1.63. The fourth-order valence-corrected chi connectivity index (χ4v) is 3.22. The first kappa shape index (κ1) is 14.1. The molecule has 1 atom stereocenters. The number of nitrogens with two attached hydrogens (primary N) is 1. The lowest BCUT2D eigenvalue weighted by atomic mass is 10.3. The summed E-state index contributed by atoms with van der Waals surface area (Å²) in [6.07, 6.45) is 1.10.